The number of halogens is 2. The molecular weight excluding hydrogens is 273 g/mol. The first kappa shape index (κ1) is 13.0. The lowest BCUT2D eigenvalue weighted by Crippen LogP contribution is -2.31. The van der Waals surface area contributed by atoms with Crippen LogP contribution in [-0.4, -0.2) is 6.54 Å². The molecule has 0 unspecified atom stereocenters. The number of nitrogens with two attached hydrogens (primary N) is 1. The van der Waals surface area contributed by atoms with E-state index >= 15 is 0 Å². The molecule has 1 fully saturated rings. The predicted octanol–water partition coefficient (Wildman–Crippen LogP) is 3.69. The normalized spacial score (nSPS) is 18.5. The summed E-state index contributed by atoms with van der Waals surface area (Å²) in [4.78, 5) is 0. The molecule has 1 saturated carbocycles. The maximum atomic E-state index is 5.91. The average Bonchev–Trinajstić information content (AvgIpc) is 2.68. The van der Waals surface area contributed by atoms with Crippen molar-refractivity contribution in [3.05, 3.63) is 34.9 Å². The first-order valence-corrected chi connectivity index (χ1v) is 5.61. The minimum absolute atomic E-state index is 0. The van der Waals surface area contributed by atoms with Gasteiger partial charge in [0.05, 0.1) is 0 Å². The number of benzene rings is 1. The molecule has 1 aromatic rings. The topological polar surface area (TPSA) is 26.0 Å². The van der Waals surface area contributed by atoms with E-state index in [1.807, 2.05) is 12.1 Å². The Morgan fingerprint density at radius 3 is 2.13 bits per heavy atom. The fourth-order valence-electron chi connectivity index (χ4n) is 2.47. The maximum absolute atomic E-state index is 5.91. The standard InChI is InChI=1S/C12H16ClN.BrH/c13-11-5-3-10(4-6-11)12(9-14)7-1-2-8-12;/h3-6H,1-2,7-9,14H2;1H. The van der Waals surface area contributed by atoms with Crippen LogP contribution in [0, 0.1) is 0 Å². The number of rotatable bonds is 2. The van der Waals surface area contributed by atoms with E-state index in [9.17, 15) is 0 Å². The highest BCUT2D eigenvalue weighted by Crippen LogP contribution is 2.40. The highest BCUT2D eigenvalue weighted by molar-refractivity contribution is 8.93. The highest BCUT2D eigenvalue weighted by atomic mass is 79.9. The molecule has 0 amide bonds. The van der Waals surface area contributed by atoms with Gasteiger partial charge in [-0.2, -0.15) is 0 Å². The van der Waals surface area contributed by atoms with Crippen LogP contribution >= 0.6 is 28.6 Å². The van der Waals surface area contributed by atoms with Crippen LogP contribution in [0.2, 0.25) is 5.02 Å². The molecule has 0 heterocycles. The van der Waals surface area contributed by atoms with E-state index in [0.717, 1.165) is 11.6 Å². The van der Waals surface area contributed by atoms with Crippen LogP contribution in [0.15, 0.2) is 24.3 Å². The summed E-state index contributed by atoms with van der Waals surface area (Å²) in [5.41, 5.74) is 7.51. The summed E-state index contributed by atoms with van der Waals surface area (Å²) in [5.74, 6) is 0. The summed E-state index contributed by atoms with van der Waals surface area (Å²) < 4.78 is 0. The van der Waals surface area contributed by atoms with E-state index in [1.54, 1.807) is 0 Å². The second-order valence-corrected chi connectivity index (χ2v) is 4.63. The molecule has 2 N–H and O–H groups in total. The molecule has 2 rings (SSSR count). The zero-order valence-electron chi connectivity index (χ0n) is 8.71. The van der Waals surface area contributed by atoms with Crippen molar-refractivity contribution < 1.29 is 0 Å². The fraction of sp³-hybridized carbons (Fsp3) is 0.500. The third-order valence-electron chi connectivity index (χ3n) is 3.41. The van der Waals surface area contributed by atoms with E-state index in [-0.39, 0.29) is 22.4 Å². The molecule has 1 aromatic carbocycles. The SMILES string of the molecule is Br.NCC1(c2ccc(Cl)cc2)CCCC1. The third kappa shape index (κ3) is 2.55. The average molecular weight is 291 g/mol. The molecule has 0 bridgehead atoms. The molecule has 1 nitrogen and oxygen atoms in total. The lowest BCUT2D eigenvalue weighted by molar-refractivity contribution is 0.453. The molecule has 0 aromatic heterocycles. The van der Waals surface area contributed by atoms with Gasteiger partial charge in [-0.1, -0.05) is 36.6 Å². The molecule has 0 atom stereocenters. The summed E-state index contributed by atoms with van der Waals surface area (Å²) in [6.45, 7) is 0.759. The second-order valence-electron chi connectivity index (χ2n) is 4.20. The first-order valence-electron chi connectivity index (χ1n) is 5.23. The van der Waals surface area contributed by atoms with Gasteiger partial charge in [0.25, 0.3) is 0 Å². The van der Waals surface area contributed by atoms with Crippen molar-refractivity contribution in [2.24, 2.45) is 5.73 Å². The Kier molecular flexibility index (Phi) is 4.63. The molecule has 0 spiro atoms. The van der Waals surface area contributed by atoms with Crippen molar-refractivity contribution in [2.45, 2.75) is 31.1 Å². The van der Waals surface area contributed by atoms with Crippen LogP contribution < -0.4 is 5.73 Å². The van der Waals surface area contributed by atoms with Gasteiger partial charge in [-0.15, -0.1) is 17.0 Å². The van der Waals surface area contributed by atoms with Crippen molar-refractivity contribution in [1.29, 1.82) is 0 Å². The lowest BCUT2D eigenvalue weighted by atomic mass is 9.79. The molecule has 0 radical (unpaired) electrons. The Labute approximate surface area is 107 Å². The minimum Gasteiger partial charge on any atom is -0.330 e. The second kappa shape index (κ2) is 5.33. The smallest absolute Gasteiger partial charge is 0.0406 e. The maximum Gasteiger partial charge on any atom is 0.0406 e. The molecular formula is C12H17BrClN. The Morgan fingerprint density at radius 1 is 1.13 bits per heavy atom. The first-order chi connectivity index (χ1) is 6.77. The van der Waals surface area contributed by atoms with Crippen LogP contribution in [0.1, 0.15) is 31.2 Å². The van der Waals surface area contributed by atoms with E-state index in [2.05, 4.69) is 12.1 Å². The van der Waals surface area contributed by atoms with Gasteiger partial charge in [-0.05, 0) is 30.5 Å². The summed E-state index contributed by atoms with van der Waals surface area (Å²) in [7, 11) is 0. The summed E-state index contributed by atoms with van der Waals surface area (Å²) in [6.07, 6.45) is 5.07. The van der Waals surface area contributed by atoms with Gasteiger partial charge in [0, 0.05) is 17.0 Å². The van der Waals surface area contributed by atoms with E-state index in [0.29, 0.717) is 0 Å². The zero-order valence-corrected chi connectivity index (χ0v) is 11.2. The van der Waals surface area contributed by atoms with Gasteiger partial charge >= 0.3 is 0 Å². The predicted molar refractivity (Wildman–Crippen MR) is 71.0 cm³/mol. The molecule has 0 saturated heterocycles. The molecule has 1 aliphatic carbocycles. The van der Waals surface area contributed by atoms with Gasteiger partial charge in [-0.3, -0.25) is 0 Å². The highest BCUT2D eigenvalue weighted by Gasteiger charge is 2.33. The summed E-state index contributed by atoms with van der Waals surface area (Å²) in [5, 5.41) is 0.805. The quantitative estimate of drug-likeness (QED) is 0.883. The van der Waals surface area contributed by atoms with E-state index < -0.39 is 0 Å². The third-order valence-corrected chi connectivity index (χ3v) is 3.66. The van der Waals surface area contributed by atoms with Crippen molar-refractivity contribution in [3.8, 4) is 0 Å². The van der Waals surface area contributed by atoms with Crippen LogP contribution in [0.5, 0.6) is 0 Å². The van der Waals surface area contributed by atoms with Crippen LogP contribution in [0.4, 0.5) is 0 Å². The monoisotopic (exact) mass is 289 g/mol. The Bertz CT molecular complexity index is 304. The summed E-state index contributed by atoms with van der Waals surface area (Å²) in [6, 6.07) is 8.18. The molecule has 15 heavy (non-hydrogen) atoms. The van der Waals surface area contributed by atoms with Crippen LogP contribution in [0.3, 0.4) is 0 Å². The van der Waals surface area contributed by atoms with Crippen LogP contribution in [0.25, 0.3) is 0 Å². The lowest BCUT2D eigenvalue weighted by Gasteiger charge is -2.27. The van der Waals surface area contributed by atoms with Gasteiger partial charge in [0.15, 0.2) is 0 Å². The zero-order chi connectivity index (χ0) is 10.0. The number of hydrogen-bond donors (Lipinski definition) is 1. The molecule has 1 aliphatic rings. The van der Waals surface area contributed by atoms with Crippen molar-refractivity contribution in [2.75, 3.05) is 6.54 Å². The molecule has 84 valence electrons. The minimum atomic E-state index is 0. The molecule has 0 aliphatic heterocycles. The van der Waals surface area contributed by atoms with E-state index in [1.165, 1.54) is 31.2 Å². The van der Waals surface area contributed by atoms with Crippen molar-refractivity contribution >= 4 is 28.6 Å². The van der Waals surface area contributed by atoms with Crippen LogP contribution in [-0.2, 0) is 5.41 Å². The van der Waals surface area contributed by atoms with Gasteiger partial charge < -0.3 is 5.73 Å². The fourth-order valence-corrected chi connectivity index (χ4v) is 2.59. The Balaban J connectivity index is 0.00000112. The van der Waals surface area contributed by atoms with Crippen molar-refractivity contribution in [1.82, 2.24) is 0 Å². The molecule has 3 heteroatoms. The van der Waals surface area contributed by atoms with Gasteiger partial charge in [-0.25, -0.2) is 0 Å². The Morgan fingerprint density at radius 2 is 1.67 bits per heavy atom. The largest absolute Gasteiger partial charge is 0.330 e. The number of hydrogen-bond acceptors (Lipinski definition) is 1. The van der Waals surface area contributed by atoms with E-state index in [4.69, 9.17) is 17.3 Å². The summed E-state index contributed by atoms with van der Waals surface area (Å²) >= 11 is 5.88. The Hall–Kier alpha value is -0.0500. The van der Waals surface area contributed by atoms with Gasteiger partial charge in [0.2, 0.25) is 0 Å². The van der Waals surface area contributed by atoms with Crippen molar-refractivity contribution in [3.63, 3.8) is 0 Å². The van der Waals surface area contributed by atoms with Gasteiger partial charge in [0.1, 0.15) is 0 Å².